The average Bonchev–Trinajstić information content (AvgIpc) is 2.97. The van der Waals surface area contributed by atoms with Crippen LogP contribution in [0.15, 0.2) is 47.4 Å². The molecule has 0 aromatic heterocycles. The molecule has 5 heteroatoms. The Balaban J connectivity index is 2.02. The predicted molar refractivity (Wildman–Crippen MR) is 82.5 cm³/mol. The molecule has 1 saturated heterocycles. The van der Waals surface area contributed by atoms with Crippen molar-refractivity contribution < 1.29 is 13.5 Å². The van der Waals surface area contributed by atoms with E-state index in [9.17, 15) is 13.5 Å². The molecule has 1 fully saturated rings. The van der Waals surface area contributed by atoms with Crippen molar-refractivity contribution in [2.24, 2.45) is 5.92 Å². The van der Waals surface area contributed by atoms with E-state index < -0.39 is 16.1 Å². The first-order valence-electron chi connectivity index (χ1n) is 7.16. The van der Waals surface area contributed by atoms with Gasteiger partial charge in [0, 0.05) is 18.5 Å². The average molecular weight is 305 g/mol. The Bertz CT molecular complexity index is 750. The second-order valence-electron chi connectivity index (χ2n) is 5.63. The van der Waals surface area contributed by atoms with Crippen LogP contribution in [-0.2, 0) is 10.0 Å². The zero-order chi connectivity index (χ0) is 15.0. The lowest BCUT2D eigenvalue weighted by Crippen LogP contribution is -2.30. The summed E-state index contributed by atoms with van der Waals surface area (Å²) in [6, 6.07) is 12.9. The van der Waals surface area contributed by atoms with Crippen LogP contribution in [0, 0.1) is 5.92 Å². The Labute approximate surface area is 125 Å². The van der Waals surface area contributed by atoms with Gasteiger partial charge in [-0.05, 0) is 30.7 Å². The van der Waals surface area contributed by atoms with E-state index in [4.69, 9.17) is 0 Å². The van der Waals surface area contributed by atoms with Gasteiger partial charge in [0.15, 0.2) is 0 Å². The van der Waals surface area contributed by atoms with Crippen molar-refractivity contribution >= 4 is 20.8 Å². The summed E-state index contributed by atoms with van der Waals surface area (Å²) in [5.41, 5.74) is 0. The predicted octanol–water partition coefficient (Wildman–Crippen LogP) is 2.23. The number of nitrogens with zero attached hydrogens (tertiary/aromatic N) is 1. The maximum absolute atomic E-state index is 12.9. The van der Waals surface area contributed by atoms with Crippen molar-refractivity contribution in [3.05, 3.63) is 42.5 Å². The van der Waals surface area contributed by atoms with Gasteiger partial charge < -0.3 is 5.11 Å². The largest absolute Gasteiger partial charge is 0.393 e. The number of benzene rings is 2. The fourth-order valence-corrected chi connectivity index (χ4v) is 4.65. The van der Waals surface area contributed by atoms with E-state index >= 15 is 0 Å². The van der Waals surface area contributed by atoms with Gasteiger partial charge in [-0.15, -0.1) is 0 Å². The number of aliphatic hydroxyl groups excluding tert-OH is 1. The third kappa shape index (κ3) is 2.57. The van der Waals surface area contributed by atoms with Crippen LogP contribution < -0.4 is 0 Å². The SMILES string of the molecule is CC(O)C1CCN(S(=O)(=O)c2cccc3ccccc23)C1. The first-order chi connectivity index (χ1) is 10.00. The van der Waals surface area contributed by atoms with Gasteiger partial charge in [0.2, 0.25) is 10.0 Å². The summed E-state index contributed by atoms with van der Waals surface area (Å²) < 4.78 is 27.2. The first-order valence-corrected chi connectivity index (χ1v) is 8.60. The van der Waals surface area contributed by atoms with Crippen molar-refractivity contribution in [1.82, 2.24) is 4.31 Å². The summed E-state index contributed by atoms with van der Waals surface area (Å²) in [4.78, 5) is 0.354. The second kappa shape index (κ2) is 5.40. The molecule has 3 rings (SSSR count). The molecule has 2 atom stereocenters. The Morgan fingerprint density at radius 1 is 1.19 bits per heavy atom. The minimum Gasteiger partial charge on any atom is -0.393 e. The van der Waals surface area contributed by atoms with Gasteiger partial charge in [0.05, 0.1) is 11.0 Å². The third-order valence-corrected chi connectivity index (χ3v) is 6.16. The van der Waals surface area contributed by atoms with Crippen LogP contribution in [0.25, 0.3) is 10.8 Å². The molecule has 1 aliphatic heterocycles. The molecule has 0 spiro atoms. The number of fused-ring (bicyclic) bond motifs is 1. The van der Waals surface area contributed by atoms with Gasteiger partial charge in [-0.25, -0.2) is 8.42 Å². The molecule has 1 N–H and O–H groups in total. The number of aliphatic hydroxyl groups is 1. The minimum absolute atomic E-state index is 0.0229. The van der Waals surface area contributed by atoms with Gasteiger partial charge in [0.1, 0.15) is 0 Å². The molecule has 1 aliphatic rings. The molecule has 0 aliphatic carbocycles. The summed E-state index contributed by atoms with van der Waals surface area (Å²) in [6.07, 6.45) is 0.236. The molecular weight excluding hydrogens is 286 g/mol. The molecule has 21 heavy (non-hydrogen) atoms. The van der Waals surface area contributed by atoms with Crippen LogP contribution in [0.3, 0.4) is 0 Å². The van der Waals surface area contributed by atoms with Crippen molar-refractivity contribution in [2.45, 2.75) is 24.3 Å². The van der Waals surface area contributed by atoms with Crippen LogP contribution >= 0.6 is 0 Å². The lowest BCUT2D eigenvalue weighted by molar-refractivity contribution is 0.133. The maximum atomic E-state index is 12.9. The topological polar surface area (TPSA) is 57.6 Å². The van der Waals surface area contributed by atoms with Gasteiger partial charge in [-0.3, -0.25) is 0 Å². The molecule has 0 radical (unpaired) electrons. The summed E-state index contributed by atoms with van der Waals surface area (Å²) in [6.45, 7) is 2.59. The fourth-order valence-electron chi connectivity index (χ4n) is 2.93. The lowest BCUT2D eigenvalue weighted by atomic mass is 10.0. The number of sulfonamides is 1. The minimum atomic E-state index is -3.51. The maximum Gasteiger partial charge on any atom is 0.243 e. The van der Waals surface area contributed by atoms with Crippen molar-refractivity contribution in [3.8, 4) is 0 Å². The van der Waals surface area contributed by atoms with Crippen LogP contribution in [0.1, 0.15) is 13.3 Å². The van der Waals surface area contributed by atoms with E-state index in [-0.39, 0.29) is 5.92 Å². The van der Waals surface area contributed by atoms with Crippen LogP contribution in [0.5, 0.6) is 0 Å². The summed E-state index contributed by atoms with van der Waals surface area (Å²) in [5.74, 6) is 0.0229. The smallest absolute Gasteiger partial charge is 0.243 e. The Morgan fingerprint density at radius 3 is 2.62 bits per heavy atom. The highest BCUT2D eigenvalue weighted by atomic mass is 32.2. The highest BCUT2D eigenvalue weighted by molar-refractivity contribution is 7.89. The van der Waals surface area contributed by atoms with Crippen molar-refractivity contribution in [2.75, 3.05) is 13.1 Å². The van der Waals surface area contributed by atoms with E-state index in [1.54, 1.807) is 19.1 Å². The van der Waals surface area contributed by atoms with Gasteiger partial charge in [0.25, 0.3) is 0 Å². The zero-order valence-corrected chi connectivity index (χ0v) is 12.8. The molecule has 1 heterocycles. The molecule has 0 bridgehead atoms. The quantitative estimate of drug-likeness (QED) is 0.946. The highest BCUT2D eigenvalue weighted by Gasteiger charge is 2.34. The fraction of sp³-hybridized carbons (Fsp3) is 0.375. The molecular formula is C16H19NO3S. The van der Waals surface area contributed by atoms with E-state index in [0.29, 0.717) is 24.4 Å². The van der Waals surface area contributed by atoms with E-state index in [1.165, 1.54) is 4.31 Å². The molecule has 2 aromatic rings. The molecule has 2 aromatic carbocycles. The Morgan fingerprint density at radius 2 is 1.90 bits per heavy atom. The second-order valence-corrected chi connectivity index (χ2v) is 7.54. The van der Waals surface area contributed by atoms with Crippen molar-refractivity contribution in [1.29, 1.82) is 0 Å². The molecule has 2 unspecified atom stereocenters. The number of rotatable bonds is 3. The molecule has 112 valence electrons. The van der Waals surface area contributed by atoms with E-state index in [0.717, 1.165) is 10.8 Å². The Kier molecular flexibility index (Phi) is 3.73. The van der Waals surface area contributed by atoms with Crippen molar-refractivity contribution in [3.63, 3.8) is 0 Å². The molecule has 0 amide bonds. The summed E-state index contributed by atoms with van der Waals surface area (Å²) in [7, 11) is -3.51. The highest BCUT2D eigenvalue weighted by Crippen LogP contribution is 2.30. The standard InChI is InChI=1S/C16H19NO3S/c1-12(18)14-9-10-17(11-14)21(19,20)16-8-4-6-13-5-2-3-7-15(13)16/h2-8,12,14,18H,9-11H2,1H3. The third-order valence-electron chi connectivity index (χ3n) is 4.24. The van der Waals surface area contributed by atoms with Gasteiger partial charge >= 0.3 is 0 Å². The molecule has 0 saturated carbocycles. The van der Waals surface area contributed by atoms with E-state index in [2.05, 4.69) is 0 Å². The molecule has 4 nitrogen and oxygen atoms in total. The van der Waals surface area contributed by atoms with E-state index in [1.807, 2.05) is 30.3 Å². The monoisotopic (exact) mass is 305 g/mol. The summed E-state index contributed by atoms with van der Waals surface area (Å²) in [5, 5.41) is 11.3. The summed E-state index contributed by atoms with van der Waals surface area (Å²) >= 11 is 0. The number of hydrogen-bond acceptors (Lipinski definition) is 3. The number of hydrogen-bond donors (Lipinski definition) is 1. The van der Waals surface area contributed by atoms with Crippen LogP contribution in [-0.4, -0.2) is 37.0 Å². The van der Waals surface area contributed by atoms with Crippen LogP contribution in [0.4, 0.5) is 0 Å². The van der Waals surface area contributed by atoms with Crippen LogP contribution in [0.2, 0.25) is 0 Å². The normalized spacial score (nSPS) is 21.7. The lowest BCUT2D eigenvalue weighted by Gasteiger charge is -2.18. The first kappa shape index (κ1) is 14.5. The Hall–Kier alpha value is -1.43. The van der Waals surface area contributed by atoms with Gasteiger partial charge in [-0.2, -0.15) is 4.31 Å². The zero-order valence-electron chi connectivity index (χ0n) is 11.9. The van der Waals surface area contributed by atoms with Gasteiger partial charge in [-0.1, -0.05) is 36.4 Å².